The molecule has 6 rings (SSSR count). The van der Waals surface area contributed by atoms with Gasteiger partial charge in [-0.25, -0.2) is 18.0 Å². The Morgan fingerprint density at radius 1 is 1.30 bits per heavy atom. The van der Waals surface area contributed by atoms with Gasteiger partial charge in [-0.2, -0.15) is 15.2 Å². The van der Waals surface area contributed by atoms with Gasteiger partial charge >= 0.3 is 12.1 Å². The van der Waals surface area contributed by atoms with Crippen LogP contribution < -0.4 is 10.1 Å². The fourth-order valence-electron chi connectivity index (χ4n) is 6.07. The highest BCUT2D eigenvalue weighted by atomic mass is 35.5. The normalized spacial score (nSPS) is 20.2. The standard InChI is InChI=1S/C30H26Cl2F3N5O3S/c1-29(2,3)43-28(41)39-26-17(11-36)20-15(5-6-19(34)24(20)44-26)21-18(31)9-16-23(22(21)35)37-27(38-25(16)32)42-13-30-7-4-8-40(30)12-14(33)10-30/h5-6,9,14H,4,7-8,10,12-13H2,1-3H3,(H,39,41)/t14-,30+/m1/s1. The average Bonchev–Trinajstić information content (AvgIpc) is 3.58. The number of amides is 1. The Labute approximate surface area is 264 Å². The number of anilines is 1. The molecule has 4 heterocycles. The van der Waals surface area contributed by atoms with Gasteiger partial charge in [0.25, 0.3) is 0 Å². The number of ether oxygens (including phenoxy) is 2. The predicted octanol–water partition coefficient (Wildman–Crippen LogP) is 8.27. The summed E-state index contributed by atoms with van der Waals surface area (Å²) in [6.07, 6.45) is 0.215. The number of nitrogens with one attached hydrogen (secondary N) is 1. The molecule has 44 heavy (non-hydrogen) atoms. The molecule has 0 saturated carbocycles. The molecular weight excluding hydrogens is 638 g/mol. The Morgan fingerprint density at radius 2 is 2.07 bits per heavy atom. The van der Waals surface area contributed by atoms with Gasteiger partial charge in [0.15, 0.2) is 5.82 Å². The van der Waals surface area contributed by atoms with Crippen LogP contribution in [0.1, 0.15) is 45.6 Å². The van der Waals surface area contributed by atoms with Crippen molar-refractivity contribution in [2.75, 3.05) is 25.0 Å². The van der Waals surface area contributed by atoms with Crippen molar-refractivity contribution in [2.24, 2.45) is 0 Å². The van der Waals surface area contributed by atoms with Crippen molar-refractivity contribution in [3.63, 3.8) is 0 Å². The van der Waals surface area contributed by atoms with E-state index in [9.17, 15) is 14.4 Å². The number of nitriles is 1. The minimum absolute atomic E-state index is 0.00789. The lowest BCUT2D eigenvalue weighted by Crippen LogP contribution is -2.43. The summed E-state index contributed by atoms with van der Waals surface area (Å²) in [6, 6.07) is 5.63. The van der Waals surface area contributed by atoms with Crippen LogP contribution in [0.25, 0.3) is 32.1 Å². The lowest BCUT2D eigenvalue weighted by Gasteiger charge is -2.30. The number of benzene rings is 2. The number of rotatable bonds is 5. The van der Waals surface area contributed by atoms with Gasteiger partial charge in [-0.3, -0.25) is 10.2 Å². The first-order valence-corrected chi connectivity index (χ1v) is 15.4. The van der Waals surface area contributed by atoms with Crippen molar-refractivity contribution in [2.45, 2.75) is 57.3 Å². The smallest absolute Gasteiger partial charge is 0.412 e. The van der Waals surface area contributed by atoms with Gasteiger partial charge in [0.05, 0.1) is 20.8 Å². The lowest BCUT2D eigenvalue weighted by atomic mass is 9.95. The fourth-order valence-corrected chi connectivity index (χ4v) is 7.65. The van der Waals surface area contributed by atoms with Gasteiger partial charge in [0.1, 0.15) is 45.9 Å². The second kappa shape index (κ2) is 11.2. The van der Waals surface area contributed by atoms with Crippen molar-refractivity contribution < 1.29 is 27.4 Å². The van der Waals surface area contributed by atoms with Crippen LogP contribution in [-0.2, 0) is 4.74 Å². The fraction of sp³-hybridized carbons (Fsp3) is 0.400. The summed E-state index contributed by atoms with van der Waals surface area (Å²) in [5.41, 5.74) is -1.64. The molecule has 0 spiro atoms. The molecule has 2 aromatic carbocycles. The number of carbonyl (C=O) groups is 1. The first kappa shape index (κ1) is 30.6. The predicted molar refractivity (Wildman–Crippen MR) is 163 cm³/mol. The van der Waals surface area contributed by atoms with Crippen molar-refractivity contribution in [1.82, 2.24) is 14.9 Å². The molecule has 2 atom stereocenters. The number of hydrogen-bond donors (Lipinski definition) is 1. The van der Waals surface area contributed by atoms with Crippen LogP contribution in [0.4, 0.5) is 23.0 Å². The third kappa shape index (κ3) is 5.40. The summed E-state index contributed by atoms with van der Waals surface area (Å²) in [7, 11) is 0. The summed E-state index contributed by atoms with van der Waals surface area (Å²) in [5, 5.41) is 12.6. The SMILES string of the molecule is CC(C)(C)OC(=O)Nc1sc2c(F)ccc(-c3c(Cl)cc4c(Cl)nc(OC[C@@]56CCCN5C[C@H](F)C6)nc4c3F)c2c1C#N. The number of thiophene rings is 1. The molecule has 0 unspecified atom stereocenters. The Hall–Kier alpha value is -3.37. The van der Waals surface area contributed by atoms with Crippen LogP contribution in [0.15, 0.2) is 18.2 Å². The Bertz CT molecular complexity index is 1880. The third-order valence-corrected chi connectivity index (χ3v) is 9.53. The second-order valence-electron chi connectivity index (χ2n) is 11.9. The molecule has 2 aliphatic heterocycles. The van der Waals surface area contributed by atoms with E-state index >= 15 is 8.78 Å². The maximum absolute atomic E-state index is 16.4. The van der Waals surface area contributed by atoms with Gasteiger partial charge in [-0.05, 0) is 57.9 Å². The summed E-state index contributed by atoms with van der Waals surface area (Å²) in [4.78, 5) is 23.0. The Morgan fingerprint density at radius 3 is 2.80 bits per heavy atom. The molecular formula is C30H26Cl2F3N5O3S. The summed E-state index contributed by atoms with van der Waals surface area (Å²) < 4.78 is 56.9. The van der Waals surface area contributed by atoms with Crippen molar-refractivity contribution >= 4 is 66.6 Å². The van der Waals surface area contributed by atoms with Crippen LogP contribution in [-0.4, -0.2) is 58.0 Å². The van der Waals surface area contributed by atoms with E-state index in [1.165, 1.54) is 12.1 Å². The third-order valence-electron chi connectivity index (χ3n) is 7.83. The topological polar surface area (TPSA) is 100 Å². The van der Waals surface area contributed by atoms with E-state index < -0.39 is 35.0 Å². The molecule has 0 radical (unpaired) electrons. The van der Waals surface area contributed by atoms with Gasteiger partial charge in [0, 0.05) is 29.3 Å². The van der Waals surface area contributed by atoms with E-state index in [0.29, 0.717) is 13.0 Å². The van der Waals surface area contributed by atoms with Crippen molar-refractivity contribution in [3.8, 4) is 23.2 Å². The van der Waals surface area contributed by atoms with Crippen LogP contribution in [0, 0.1) is 23.0 Å². The average molecular weight is 665 g/mol. The zero-order valence-electron chi connectivity index (χ0n) is 23.9. The summed E-state index contributed by atoms with van der Waals surface area (Å²) in [5.74, 6) is -1.57. The molecule has 230 valence electrons. The molecule has 2 aromatic heterocycles. The van der Waals surface area contributed by atoms with Gasteiger partial charge < -0.3 is 9.47 Å². The van der Waals surface area contributed by atoms with Crippen LogP contribution in [0.2, 0.25) is 10.2 Å². The molecule has 1 N–H and O–H groups in total. The quantitative estimate of drug-likeness (QED) is 0.215. The molecule has 2 saturated heterocycles. The molecule has 0 aliphatic carbocycles. The molecule has 2 aliphatic rings. The van der Waals surface area contributed by atoms with Crippen molar-refractivity contribution in [3.05, 3.63) is 45.6 Å². The van der Waals surface area contributed by atoms with E-state index in [0.717, 1.165) is 36.8 Å². The van der Waals surface area contributed by atoms with Gasteiger partial charge in [0.2, 0.25) is 0 Å². The summed E-state index contributed by atoms with van der Waals surface area (Å²) >= 11 is 13.8. The van der Waals surface area contributed by atoms with Gasteiger partial charge in [-0.1, -0.05) is 29.3 Å². The minimum atomic E-state index is -0.954. The molecule has 2 fully saturated rings. The highest BCUT2D eigenvalue weighted by molar-refractivity contribution is 7.23. The van der Waals surface area contributed by atoms with E-state index in [1.807, 2.05) is 6.07 Å². The number of hydrogen-bond acceptors (Lipinski definition) is 8. The van der Waals surface area contributed by atoms with Gasteiger partial charge in [-0.15, -0.1) is 11.3 Å². The molecule has 0 bridgehead atoms. The van der Waals surface area contributed by atoms with E-state index in [1.54, 1.807) is 20.8 Å². The number of carbonyl (C=O) groups excluding carboxylic acids is 1. The first-order valence-electron chi connectivity index (χ1n) is 13.8. The van der Waals surface area contributed by atoms with E-state index in [4.69, 9.17) is 32.7 Å². The number of aromatic nitrogens is 2. The minimum Gasteiger partial charge on any atom is -0.461 e. The first-order chi connectivity index (χ1) is 20.8. The highest BCUT2D eigenvalue weighted by Crippen LogP contribution is 2.46. The second-order valence-corrected chi connectivity index (χ2v) is 13.7. The van der Waals surface area contributed by atoms with Crippen molar-refractivity contribution in [1.29, 1.82) is 5.26 Å². The molecule has 4 aromatic rings. The van der Waals surface area contributed by atoms with Crippen LogP contribution in [0.5, 0.6) is 6.01 Å². The molecule has 14 heteroatoms. The number of nitrogens with zero attached hydrogens (tertiary/aromatic N) is 4. The molecule has 1 amide bonds. The monoisotopic (exact) mass is 663 g/mol. The van der Waals surface area contributed by atoms with E-state index in [2.05, 4.69) is 20.2 Å². The number of halogens is 5. The maximum atomic E-state index is 16.4. The Kier molecular flexibility index (Phi) is 7.81. The lowest BCUT2D eigenvalue weighted by molar-refractivity contribution is 0.0636. The highest BCUT2D eigenvalue weighted by Gasteiger charge is 2.49. The summed E-state index contributed by atoms with van der Waals surface area (Å²) in [6.45, 7) is 6.25. The van der Waals surface area contributed by atoms with Crippen LogP contribution in [0.3, 0.4) is 0 Å². The largest absolute Gasteiger partial charge is 0.461 e. The number of fused-ring (bicyclic) bond motifs is 3. The molecule has 8 nitrogen and oxygen atoms in total. The zero-order chi connectivity index (χ0) is 31.6. The maximum Gasteiger partial charge on any atom is 0.412 e. The number of alkyl halides is 1. The Balaban J connectivity index is 1.43. The van der Waals surface area contributed by atoms with E-state index in [-0.39, 0.29) is 65.5 Å². The van der Waals surface area contributed by atoms with Crippen LogP contribution >= 0.6 is 34.5 Å². The zero-order valence-corrected chi connectivity index (χ0v) is 26.2.